The summed E-state index contributed by atoms with van der Waals surface area (Å²) in [7, 11) is 0. The van der Waals surface area contributed by atoms with E-state index in [1.54, 1.807) is 34.9 Å². The monoisotopic (exact) mass is 414 g/mol. The standard InChI is InChI=1S/C24H15FN2O4/c25-18-5-10-22-21(11-18)23(31-24(29)14-28)13-27(22)19-6-8-20(9-7-19)30-15-17-3-1-16(12-26)2-4-17/h1-11,13-14H,15H2. The zero-order valence-electron chi connectivity index (χ0n) is 16.1. The minimum atomic E-state index is -1.06. The van der Waals surface area contributed by atoms with E-state index in [0.29, 0.717) is 28.8 Å². The minimum Gasteiger partial charge on any atom is -0.489 e. The van der Waals surface area contributed by atoms with Gasteiger partial charge in [-0.15, -0.1) is 0 Å². The molecule has 4 rings (SSSR count). The second kappa shape index (κ2) is 8.51. The van der Waals surface area contributed by atoms with Crippen LogP contribution in [0.3, 0.4) is 0 Å². The molecule has 4 aromatic rings. The summed E-state index contributed by atoms with van der Waals surface area (Å²) < 4.78 is 26.2. The average Bonchev–Trinajstić information content (AvgIpc) is 3.15. The second-order valence-electron chi connectivity index (χ2n) is 6.66. The van der Waals surface area contributed by atoms with Crippen LogP contribution in [-0.2, 0) is 16.2 Å². The Balaban J connectivity index is 1.57. The molecule has 31 heavy (non-hydrogen) atoms. The van der Waals surface area contributed by atoms with E-state index in [1.807, 2.05) is 24.3 Å². The topological polar surface area (TPSA) is 81.3 Å². The van der Waals surface area contributed by atoms with Gasteiger partial charge in [-0.05, 0) is 60.2 Å². The summed E-state index contributed by atoms with van der Waals surface area (Å²) in [5.74, 6) is -0.814. The van der Waals surface area contributed by atoms with Gasteiger partial charge in [-0.25, -0.2) is 9.18 Å². The molecule has 0 aliphatic carbocycles. The molecule has 0 aliphatic heterocycles. The summed E-state index contributed by atoms with van der Waals surface area (Å²) in [5.41, 5.74) is 2.87. The summed E-state index contributed by atoms with van der Waals surface area (Å²) in [6.07, 6.45) is 1.58. The molecular weight excluding hydrogens is 399 g/mol. The van der Waals surface area contributed by atoms with Crippen LogP contribution in [0.2, 0.25) is 0 Å². The van der Waals surface area contributed by atoms with Gasteiger partial charge in [-0.1, -0.05) is 12.1 Å². The molecule has 0 bridgehead atoms. The van der Waals surface area contributed by atoms with Gasteiger partial charge in [0.25, 0.3) is 0 Å². The molecule has 0 saturated carbocycles. The highest BCUT2D eigenvalue weighted by molar-refractivity contribution is 6.21. The van der Waals surface area contributed by atoms with Crippen LogP contribution in [0.4, 0.5) is 4.39 Å². The summed E-state index contributed by atoms with van der Waals surface area (Å²) in [5, 5.41) is 9.22. The van der Waals surface area contributed by atoms with Crippen LogP contribution in [0.25, 0.3) is 16.6 Å². The maximum Gasteiger partial charge on any atom is 0.376 e. The fourth-order valence-electron chi connectivity index (χ4n) is 3.14. The molecule has 152 valence electrons. The van der Waals surface area contributed by atoms with E-state index in [-0.39, 0.29) is 12.0 Å². The van der Waals surface area contributed by atoms with Crippen molar-refractivity contribution in [3.8, 4) is 23.3 Å². The van der Waals surface area contributed by atoms with Gasteiger partial charge in [0.05, 0.1) is 23.3 Å². The SMILES string of the molecule is N#Cc1ccc(COc2ccc(-n3cc(OC(=O)C=O)c4cc(F)ccc43)cc2)cc1. The predicted molar refractivity (Wildman–Crippen MR) is 110 cm³/mol. The Morgan fingerprint density at radius 3 is 2.48 bits per heavy atom. The molecule has 3 aromatic carbocycles. The first-order valence-corrected chi connectivity index (χ1v) is 9.27. The fraction of sp³-hybridized carbons (Fsp3) is 0.0417. The second-order valence-corrected chi connectivity index (χ2v) is 6.66. The number of aromatic nitrogens is 1. The summed E-state index contributed by atoms with van der Waals surface area (Å²) >= 11 is 0. The highest BCUT2D eigenvalue weighted by atomic mass is 19.1. The van der Waals surface area contributed by atoms with Gasteiger partial charge in [-0.3, -0.25) is 4.79 Å². The Hall–Kier alpha value is -4.44. The van der Waals surface area contributed by atoms with E-state index in [0.717, 1.165) is 11.3 Å². The Morgan fingerprint density at radius 1 is 1.06 bits per heavy atom. The molecule has 1 aromatic heterocycles. The number of fused-ring (bicyclic) bond motifs is 1. The van der Waals surface area contributed by atoms with E-state index >= 15 is 0 Å². The molecule has 1 heterocycles. The van der Waals surface area contributed by atoms with Crippen LogP contribution in [0.1, 0.15) is 11.1 Å². The molecule has 0 radical (unpaired) electrons. The third kappa shape index (κ3) is 4.28. The number of hydrogen-bond donors (Lipinski definition) is 0. The molecule has 0 amide bonds. The summed E-state index contributed by atoms with van der Waals surface area (Å²) in [6, 6.07) is 20.5. The van der Waals surface area contributed by atoms with E-state index < -0.39 is 11.8 Å². The Bertz CT molecular complexity index is 1300. The maximum absolute atomic E-state index is 13.7. The van der Waals surface area contributed by atoms with Crippen LogP contribution in [0.15, 0.2) is 72.9 Å². The van der Waals surface area contributed by atoms with Crippen molar-refractivity contribution < 1.29 is 23.5 Å². The van der Waals surface area contributed by atoms with E-state index in [1.165, 1.54) is 18.3 Å². The van der Waals surface area contributed by atoms with Gasteiger partial charge < -0.3 is 14.0 Å². The van der Waals surface area contributed by atoms with Crippen molar-refractivity contribution in [2.45, 2.75) is 6.61 Å². The number of carbonyl (C=O) groups excluding carboxylic acids is 2. The van der Waals surface area contributed by atoms with E-state index in [2.05, 4.69) is 6.07 Å². The number of esters is 1. The van der Waals surface area contributed by atoms with Gasteiger partial charge in [-0.2, -0.15) is 5.26 Å². The lowest BCUT2D eigenvalue weighted by molar-refractivity contribution is -0.141. The quantitative estimate of drug-likeness (QED) is 0.267. The van der Waals surface area contributed by atoms with Crippen LogP contribution >= 0.6 is 0 Å². The molecule has 0 N–H and O–H groups in total. The molecule has 6 nitrogen and oxygen atoms in total. The molecule has 0 unspecified atom stereocenters. The molecule has 0 fully saturated rings. The largest absolute Gasteiger partial charge is 0.489 e. The Morgan fingerprint density at radius 2 is 1.81 bits per heavy atom. The first-order valence-electron chi connectivity index (χ1n) is 9.27. The van der Waals surface area contributed by atoms with Gasteiger partial charge in [0, 0.05) is 11.1 Å². The van der Waals surface area contributed by atoms with Crippen molar-refractivity contribution in [2.75, 3.05) is 0 Å². The van der Waals surface area contributed by atoms with Crippen molar-refractivity contribution in [1.29, 1.82) is 5.26 Å². The Labute approximate surface area is 176 Å². The molecule has 7 heteroatoms. The third-order valence-corrected chi connectivity index (χ3v) is 4.64. The van der Waals surface area contributed by atoms with Crippen molar-refractivity contribution in [1.82, 2.24) is 4.57 Å². The number of halogens is 1. The first kappa shape index (κ1) is 19.9. The molecular formula is C24H15FN2O4. The third-order valence-electron chi connectivity index (χ3n) is 4.64. The summed E-state index contributed by atoms with van der Waals surface area (Å²) in [4.78, 5) is 22.0. The van der Waals surface area contributed by atoms with Crippen LogP contribution in [0.5, 0.6) is 11.5 Å². The zero-order chi connectivity index (χ0) is 21.8. The number of aldehydes is 1. The number of ether oxygens (including phenoxy) is 2. The lowest BCUT2D eigenvalue weighted by Gasteiger charge is -2.09. The number of hydrogen-bond acceptors (Lipinski definition) is 5. The smallest absolute Gasteiger partial charge is 0.376 e. The van der Waals surface area contributed by atoms with Crippen molar-refractivity contribution >= 4 is 23.2 Å². The van der Waals surface area contributed by atoms with E-state index in [4.69, 9.17) is 14.7 Å². The number of carbonyl (C=O) groups is 2. The van der Waals surface area contributed by atoms with Gasteiger partial charge >= 0.3 is 5.97 Å². The number of rotatable bonds is 6. The van der Waals surface area contributed by atoms with Crippen LogP contribution in [-0.4, -0.2) is 16.8 Å². The first-order chi connectivity index (χ1) is 15.1. The molecule has 0 atom stereocenters. The maximum atomic E-state index is 13.7. The number of nitriles is 1. The predicted octanol–water partition coefficient (Wildman–Crippen LogP) is 4.32. The Kier molecular flexibility index (Phi) is 5.45. The normalized spacial score (nSPS) is 10.5. The average molecular weight is 414 g/mol. The van der Waals surface area contributed by atoms with Gasteiger partial charge in [0.2, 0.25) is 6.29 Å². The highest BCUT2D eigenvalue weighted by Crippen LogP contribution is 2.32. The summed E-state index contributed by atoms with van der Waals surface area (Å²) in [6.45, 7) is 0.350. The fourth-order valence-corrected chi connectivity index (χ4v) is 3.14. The number of nitrogens with zero attached hydrogens (tertiary/aromatic N) is 2. The lowest BCUT2D eigenvalue weighted by atomic mass is 10.1. The van der Waals surface area contributed by atoms with Crippen molar-refractivity contribution in [3.05, 3.63) is 89.9 Å². The van der Waals surface area contributed by atoms with Crippen LogP contribution in [0, 0.1) is 17.1 Å². The lowest BCUT2D eigenvalue weighted by Crippen LogP contribution is -2.08. The van der Waals surface area contributed by atoms with Crippen molar-refractivity contribution in [3.63, 3.8) is 0 Å². The number of benzene rings is 3. The highest BCUT2D eigenvalue weighted by Gasteiger charge is 2.15. The van der Waals surface area contributed by atoms with Crippen molar-refractivity contribution in [2.24, 2.45) is 0 Å². The van der Waals surface area contributed by atoms with Gasteiger partial charge in [0.15, 0.2) is 5.75 Å². The molecule has 0 aliphatic rings. The zero-order valence-corrected chi connectivity index (χ0v) is 16.1. The van der Waals surface area contributed by atoms with Gasteiger partial charge in [0.1, 0.15) is 18.2 Å². The van der Waals surface area contributed by atoms with Crippen LogP contribution < -0.4 is 9.47 Å². The van der Waals surface area contributed by atoms with E-state index in [9.17, 15) is 14.0 Å². The molecule has 0 saturated heterocycles. The molecule has 0 spiro atoms. The minimum absolute atomic E-state index is 0.0580.